The van der Waals surface area contributed by atoms with Crippen molar-refractivity contribution in [2.24, 2.45) is 0 Å². The highest BCUT2D eigenvalue weighted by molar-refractivity contribution is 5.39. The van der Waals surface area contributed by atoms with Gasteiger partial charge in [0.05, 0.1) is 6.10 Å². The molecule has 0 saturated carbocycles. The SMILES string of the molecule is C[C@@H]([C@@H](O)CC#Cc1cc(F)c(C(F)(F)F)c(F)c1)N(Cc1ccccc1)Cc1ccccc1. The average Bonchev–Trinajstić information content (AvgIpc) is 2.78. The molecule has 0 radical (unpaired) electrons. The summed E-state index contributed by atoms with van der Waals surface area (Å²) in [6.45, 7) is 3.02. The van der Waals surface area contributed by atoms with E-state index < -0.39 is 29.5 Å². The largest absolute Gasteiger partial charge is 0.422 e. The summed E-state index contributed by atoms with van der Waals surface area (Å²) in [6, 6.07) is 20.3. The van der Waals surface area contributed by atoms with E-state index in [1.165, 1.54) is 0 Å². The lowest BCUT2D eigenvalue weighted by molar-refractivity contribution is -0.142. The third-order valence-electron chi connectivity index (χ3n) is 5.46. The number of benzene rings is 3. The maximum absolute atomic E-state index is 13.8. The molecule has 2 nitrogen and oxygen atoms in total. The smallest absolute Gasteiger partial charge is 0.391 e. The van der Waals surface area contributed by atoms with Gasteiger partial charge in [-0.25, -0.2) is 8.78 Å². The van der Waals surface area contributed by atoms with E-state index in [9.17, 15) is 27.1 Å². The lowest BCUT2D eigenvalue weighted by Gasteiger charge is -2.32. The number of halogens is 5. The predicted octanol–water partition coefficient (Wildman–Crippen LogP) is 6.18. The van der Waals surface area contributed by atoms with E-state index in [1.54, 1.807) is 0 Å². The molecule has 3 rings (SSSR count). The zero-order chi connectivity index (χ0) is 24.7. The molecule has 0 aliphatic rings. The highest BCUT2D eigenvalue weighted by Crippen LogP contribution is 2.33. The Kier molecular flexibility index (Phi) is 8.43. The number of aliphatic hydroxyl groups is 1. The summed E-state index contributed by atoms with van der Waals surface area (Å²) < 4.78 is 65.7. The lowest BCUT2D eigenvalue weighted by atomic mass is 10.0. The van der Waals surface area contributed by atoms with E-state index in [-0.39, 0.29) is 18.0 Å². The molecule has 0 amide bonds. The minimum Gasteiger partial charge on any atom is -0.391 e. The highest BCUT2D eigenvalue weighted by Gasteiger charge is 2.37. The normalized spacial score (nSPS) is 13.3. The van der Waals surface area contributed by atoms with Crippen molar-refractivity contribution in [3.63, 3.8) is 0 Å². The molecule has 0 saturated heterocycles. The van der Waals surface area contributed by atoms with E-state index in [2.05, 4.69) is 16.7 Å². The number of hydrogen-bond acceptors (Lipinski definition) is 2. The maximum Gasteiger partial charge on any atom is 0.422 e. The molecule has 0 aliphatic carbocycles. The zero-order valence-electron chi connectivity index (χ0n) is 18.5. The fourth-order valence-electron chi connectivity index (χ4n) is 3.57. The van der Waals surface area contributed by atoms with E-state index in [0.717, 1.165) is 11.1 Å². The van der Waals surface area contributed by atoms with Gasteiger partial charge in [0, 0.05) is 31.1 Å². The molecular weight excluding hydrogens is 449 g/mol. The van der Waals surface area contributed by atoms with Crippen LogP contribution in [0.15, 0.2) is 72.8 Å². The van der Waals surface area contributed by atoms with Crippen LogP contribution in [0.2, 0.25) is 0 Å². The topological polar surface area (TPSA) is 23.5 Å². The predicted molar refractivity (Wildman–Crippen MR) is 120 cm³/mol. The third-order valence-corrected chi connectivity index (χ3v) is 5.46. The molecule has 2 atom stereocenters. The van der Waals surface area contributed by atoms with Crippen molar-refractivity contribution in [1.29, 1.82) is 0 Å². The minimum atomic E-state index is -5.13. The minimum absolute atomic E-state index is 0.0223. The number of aliphatic hydroxyl groups excluding tert-OH is 1. The van der Waals surface area contributed by atoms with Crippen molar-refractivity contribution < 1.29 is 27.1 Å². The van der Waals surface area contributed by atoms with Crippen LogP contribution in [0, 0.1) is 23.5 Å². The second kappa shape index (κ2) is 11.3. The second-order valence-corrected chi connectivity index (χ2v) is 8.00. The van der Waals surface area contributed by atoms with Gasteiger partial charge in [-0.1, -0.05) is 72.5 Å². The van der Waals surface area contributed by atoms with Gasteiger partial charge < -0.3 is 5.11 Å². The monoisotopic (exact) mass is 473 g/mol. The molecule has 7 heteroatoms. The first-order valence-corrected chi connectivity index (χ1v) is 10.7. The molecule has 1 N–H and O–H groups in total. The molecule has 34 heavy (non-hydrogen) atoms. The van der Waals surface area contributed by atoms with Gasteiger partial charge in [-0.2, -0.15) is 13.2 Å². The Labute approximate surface area is 195 Å². The Balaban J connectivity index is 1.73. The summed E-state index contributed by atoms with van der Waals surface area (Å²) in [4.78, 5) is 2.09. The Morgan fingerprint density at radius 3 is 1.76 bits per heavy atom. The van der Waals surface area contributed by atoms with Gasteiger partial charge >= 0.3 is 6.18 Å². The number of nitrogens with zero attached hydrogens (tertiary/aromatic N) is 1. The molecule has 0 fully saturated rings. The molecule has 3 aromatic rings. The van der Waals surface area contributed by atoms with E-state index >= 15 is 0 Å². The quantitative estimate of drug-likeness (QED) is 0.327. The summed E-state index contributed by atoms with van der Waals surface area (Å²) in [7, 11) is 0. The van der Waals surface area contributed by atoms with Gasteiger partial charge in [0.15, 0.2) is 0 Å². The molecule has 0 heterocycles. The first kappa shape index (κ1) is 25.4. The van der Waals surface area contributed by atoms with E-state index in [0.29, 0.717) is 25.2 Å². The fourth-order valence-corrected chi connectivity index (χ4v) is 3.57. The van der Waals surface area contributed by atoms with Crippen LogP contribution in [0.4, 0.5) is 22.0 Å². The number of rotatable bonds is 7. The van der Waals surface area contributed by atoms with Crippen molar-refractivity contribution in [3.8, 4) is 11.8 Å². The van der Waals surface area contributed by atoms with E-state index in [4.69, 9.17) is 0 Å². The Hall–Kier alpha value is -3.21. The first-order chi connectivity index (χ1) is 16.1. The number of alkyl halides is 3. The molecule has 0 aromatic heterocycles. The van der Waals surface area contributed by atoms with Crippen molar-refractivity contribution in [2.75, 3.05) is 0 Å². The summed E-state index contributed by atoms with van der Waals surface area (Å²) in [5.41, 5.74) is -0.0315. The molecule has 3 aromatic carbocycles. The summed E-state index contributed by atoms with van der Waals surface area (Å²) in [5, 5.41) is 10.7. The van der Waals surface area contributed by atoms with Crippen LogP contribution in [0.5, 0.6) is 0 Å². The lowest BCUT2D eigenvalue weighted by Crippen LogP contribution is -2.40. The fraction of sp³-hybridized carbons (Fsp3) is 0.259. The van der Waals surface area contributed by atoms with Crippen LogP contribution in [0.3, 0.4) is 0 Å². The molecule has 0 spiro atoms. The number of hydrogen-bond donors (Lipinski definition) is 1. The van der Waals surface area contributed by atoms with Crippen LogP contribution in [0.1, 0.15) is 35.6 Å². The Bertz CT molecular complexity index is 1070. The molecule has 178 valence electrons. The van der Waals surface area contributed by atoms with Crippen LogP contribution < -0.4 is 0 Å². The highest BCUT2D eigenvalue weighted by atomic mass is 19.4. The molecule has 0 unspecified atom stereocenters. The molecule has 0 aliphatic heterocycles. The van der Waals surface area contributed by atoms with Crippen LogP contribution in [0.25, 0.3) is 0 Å². The van der Waals surface area contributed by atoms with Crippen molar-refractivity contribution in [2.45, 2.75) is 44.8 Å². The summed E-state index contributed by atoms with van der Waals surface area (Å²) in [6.07, 6.45) is -6.05. The molecular formula is C27H24F5NO. The third kappa shape index (κ3) is 6.89. The van der Waals surface area contributed by atoms with Gasteiger partial charge in [0.1, 0.15) is 17.2 Å². The Morgan fingerprint density at radius 2 is 1.32 bits per heavy atom. The van der Waals surface area contributed by atoms with Crippen molar-refractivity contribution >= 4 is 0 Å². The Morgan fingerprint density at radius 1 is 0.853 bits per heavy atom. The summed E-state index contributed by atoms with van der Waals surface area (Å²) in [5.74, 6) is 1.65. The van der Waals surface area contributed by atoms with Gasteiger partial charge in [-0.15, -0.1) is 0 Å². The van der Waals surface area contributed by atoms with Crippen LogP contribution in [-0.4, -0.2) is 22.2 Å². The van der Waals surface area contributed by atoms with Gasteiger partial charge in [0.25, 0.3) is 0 Å². The van der Waals surface area contributed by atoms with E-state index in [1.807, 2.05) is 67.6 Å². The van der Waals surface area contributed by atoms with Crippen molar-refractivity contribution in [1.82, 2.24) is 4.90 Å². The second-order valence-electron chi connectivity index (χ2n) is 8.00. The van der Waals surface area contributed by atoms with Gasteiger partial charge in [-0.3, -0.25) is 4.90 Å². The first-order valence-electron chi connectivity index (χ1n) is 10.7. The standard InChI is InChI=1S/C27H24F5NO/c1-19(33(17-20-9-4-2-5-10-20)18-21-11-6-3-7-12-21)25(34)14-8-13-22-15-23(28)26(24(29)16-22)27(30,31)32/h2-7,9-12,15-16,19,25,34H,14,17-18H2,1H3/t19-,25-/m0/s1. The van der Waals surface area contributed by atoms with Gasteiger partial charge in [0.2, 0.25) is 0 Å². The maximum atomic E-state index is 13.8. The average molecular weight is 473 g/mol. The van der Waals surface area contributed by atoms with Crippen molar-refractivity contribution in [3.05, 3.63) is 107 Å². The summed E-state index contributed by atoms with van der Waals surface area (Å²) >= 11 is 0. The van der Waals surface area contributed by atoms with Gasteiger partial charge in [-0.05, 0) is 30.2 Å². The van der Waals surface area contributed by atoms with Crippen LogP contribution in [-0.2, 0) is 19.3 Å². The van der Waals surface area contributed by atoms with Crippen LogP contribution >= 0.6 is 0 Å². The zero-order valence-corrected chi connectivity index (χ0v) is 18.5. The molecule has 0 bridgehead atoms.